The molecular weight excluding hydrogens is 569 g/mol. The zero-order valence-electron chi connectivity index (χ0n) is 21.7. The Balaban J connectivity index is 2.02. The first kappa shape index (κ1) is 30.3. The van der Waals surface area contributed by atoms with Crippen LogP contribution in [0.2, 0.25) is 5.15 Å². The average Bonchev–Trinajstić information content (AvgIpc) is 3.18. The van der Waals surface area contributed by atoms with E-state index in [1.165, 1.54) is 42.9 Å². The van der Waals surface area contributed by atoms with E-state index in [9.17, 15) is 36.3 Å². The number of ether oxygens (including phenoxy) is 2. The zero-order valence-corrected chi connectivity index (χ0v) is 23.2. The van der Waals surface area contributed by atoms with Crippen molar-refractivity contribution in [2.75, 3.05) is 16.2 Å². The highest BCUT2D eigenvalue weighted by Crippen LogP contribution is 2.42. The van der Waals surface area contributed by atoms with Gasteiger partial charge in [0.2, 0.25) is 5.60 Å². The Kier molecular flexibility index (Phi) is 8.10. The minimum atomic E-state index is -4.83. The second kappa shape index (κ2) is 10.4. The molecule has 1 atom stereocenters. The molecule has 3 rings (SSSR count). The highest BCUT2D eigenvalue weighted by atomic mass is 35.5. The fourth-order valence-corrected chi connectivity index (χ4v) is 5.59. The van der Waals surface area contributed by atoms with Gasteiger partial charge >= 0.3 is 18.2 Å². The normalized spacial score (nSPS) is 16.3. The van der Waals surface area contributed by atoms with Gasteiger partial charge in [0, 0.05) is 24.8 Å². The van der Waals surface area contributed by atoms with Crippen molar-refractivity contribution in [3.05, 3.63) is 29.5 Å². The van der Waals surface area contributed by atoms with Gasteiger partial charge in [0.25, 0.3) is 10.0 Å². The number of sulfonamides is 1. The number of carboxylic acids is 1. The summed E-state index contributed by atoms with van der Waals surface area (Å²) in [6.45, 7) is 6.03. The maximum Gasteiger partial charge on any atom is 0.427 e. The van der Waals surface area contributed by atoms with Crippen molar-refractivity contribution >= 4 is 45.1 Å². The van der Waals surface area contributed by atoms with Crippen LogP contribution in [0.25, 0.3) is 0 Å². The number of nitrogens with zero attached hydrogens (tertiary/aromatic N) is 3. The molecule has 1 aliphatic rings. The third-order valence-electron chi connectivity index (χ3n) is 6.06. The fourth-order valence-electron chi connectivity index (χ4n) is 3.65. The first-order chi connectivity index (χ1) is 17.8. The van der Waals surface area contributed by atoms with Crippen molar-refractivity contribution < 1.29 is 45.8 Å². The van der Waals surface area contributed by atoms with Gasteiger partial charge in [-0.05, 0) is 52.8 Å². The summed E-state index contributed by atoms with van der Waals surface area (Å²) in [5.74, 6) is -1.08. The van der Waals surface area contributed by atoms with Crippen molar-refractivity contribution in [3.8, 4) is 5.75 Å². The molecule has 1 aromatic carbocycles. The molecule has 1 aliphatic heterocycles. The lowest BCUT2D eigenvalue weighted by Crippen LogP contribution is -2.46. The Hall–Kier alpha value is -3.20. The molecule has 0 aliphatic carbocycles. The number of aromatic nitrogens is 2. The minimum absolute atomic E-state index is 0.0320. The molecule has 216 valence electrons. The van der Waals surface area contributed by atoms with Gasteiger partial charge < -0.3 is 14.6 Å². The van der Waals surface area contributed by atoms with Crippen LogP contribution in [0.3, 0.4) is 0 Å². The van der Waals surface area contributed by atoms with Crippen LogP contribution in [0.15, 0.2) is 29.3 Å². The maximum atomic E-state index is 13.8. The SMILES string of the molecule is CCn1cc(S(=O)(=O)N2CC(CC(C)(C)C(=O)O)Oc3ccc(NC(=O)OC(C)(C)C(F)(F)F)cc32)c(Cl)n1. The summed E-state index contributed by atoms with van der Waals surface area (Å²) in [4.78, 5) is 23.6. The predicted molar refractivity (Wildman–Crippen MR) is 135 cm³/mol. The summed E-state index contributed by atoms with van der Waals surface area (Å²) in [7, 11) is -4.40. The summed E-state index contributed by atoms with van der Waals surface area (Å²) in [5.41, 5.74) is -4.20. The number of carboxylic acid groups (broad SMARTS) is 1. The van der Waals surface area contributed by atoms with Crippen LogP contribution in [0.5, 0.6) is 5.75 Å². The highest BCUT2D eigenvalue weighted by molar-refractivity contribution is 7.93. The Labute approximate surface area is 227 Å². The van der Waals surface area contributed by atoms with E-state index in [1.807, 2.05) is 0 Å². The van der Waals surface area contributed by atoms with E-state index >= 15 is 0 Å². The van der Waals surface area contributed by atoms with Crippen LogP contribution in [-0.4, -0.2) is 59.8 Å². The van der Waals surface area contributed by atoms with Crippen LogP contribution < -0.4 is 14.4 Å². The molecule has 11 nitrogen and oxygen atoms in total. The molecule has 0 spiro atoms. The van der Waals surface area contributed by atoms with Gasteiger partial charge in [-0.25, -0.2) is 13.2 Å². The van der Waals surface area contributed by atoms with E-state index in [1.54, 1.807) is 6.92 Å². The Morgan fingerprint density at radius 1 is 1.26 bits per heavy atom. The number of halogens is 4. The van der Waals surface area contributed by atoms with Gasteiger partial charge in [-0.15, -0.1) is 0 Å². The van der Waals surface area contributed by atoms with Gasteiger partial charge in [0.15, 0.2) is 5.15 Å². The molecule has 39 heavy (non-hydrogen) atoms. The number of aryl methyl sites for hydroxylation is 1. The maximum absolute atomic E-state index is 13.8. The van der Waals surface area contributed by atoms with Gasteiger partial charge in [0.05, 0.1) is 17.6 Å². The van der Waals surface area contributed by atoms with E-state index in [4.69, 9.17) is 16.3 Å². The third kappa shape index (κ3) is 6.35. The molecule has 1 aromatic heterocycles. The number of carbonyl (C=O) groups excluding carboxylic acids is 1. The molecule has 2 N–H and O–H groups in total. The van der Waals surface area contributed by atoms with E-state index in [0.717, 1.165) is 4.31 Å². The summed E-state index contributed by atoms with van der Waals surface area (Å²) in [5, 5.41) is 15.4. The van der Waals surface area contributed by atoms with Crippen LogP contribution in [-0.2, 0) is 26.1 Å². The first-order valence-electron chi connectivity index (χ1n) is 11.6. The molecule has 0 saturated carbocycles. The second-order valence-electron chi connectivity index (χ2n) is 10.0. The summed E-state index contributed by atoms with van der Waals surface area (Å²) >= 11 is 6.13. The van der Waals surface area contributed by atoms with Gasteiger partial charge in [-0.3, -0.25) is 19.1 Å². The number of anilines is 2. The molecule has 1 unspecified atom stereocenters. The number of nitrogens with one attached hydrogen (secondary N) is 1. The fraction of sp³-hybridized carbons (Fsp3) is 0.522. The zero-order chi connectivity index (χ0) is 29.6. The minimum Gasteiger partial charge on any atom is -0.486 e. The molecule has 2 heterocycles. The van der Waals surface area contributed by atoms with E-state index < -0.39 is 45.4 Å². The number of alkyl halides is 3. The Morgan fingerprint density at radius 3 is 2.44 bits per heavy atom. The Morgan fingerprint density at radius 2 is 1.90 bits per heavy atom. The van der Waals surface area contributed by atoms with Crippen molar-refractivity contribution in [3.63, 3.8) is 0 Å². The largest absolute Gasteiger partial charge is 0.486 e. The van der Waals surface area contributed by atoms with Gasteiger partial charge in [-0.1, -0.05) is 11.6 Å². The van der Waals surface area contributed by atoms with E-state index in [-0.39, 0.29) is 40.1 Å². The molecule has 0 saturated heterocycles. The summed E-state index contributed by atoms with van der Waals surface area (Å²) in [6.07, 6.45) is -5.97. The lowest BCUT2D eigenvalue weighted by Gasteiger charge is -2.37. The van der Waals surface area contributed by atoms with E-state index in [0.29, 0.717) is 20.4 Å². The van der Waals surface area contributed by atoms with Crippen molar-refractivity contribution in [1.82, 2.24) is 9.78 Å². The molecule has 0 bridgehead atoms. The summed E-state index contributed by atoms with van der Waals surface area (Å²) < 4.78 is 79.5. The Bertz CT molecular complexity index is 1380. The number of hydrogen-bond donors (Lipinski definition) is 2. The lowest BCUT2D eigenvalue weighted by molar-refractivity contribution is -0.242. The highest BCUT2D eigenvalue weighted by Gasteiger charge is 2.51. The van der Waals surface area contributed by atoms with Crippen molar-refractivity contribution in [2.45, 2.75) is 70.4 Å². The second-order valence-corrected chi connectivity index (χ2v) is 12.2. The van der Waals surface area contributed by atoms with E-state index in [2.05, 4.69) is 15.2 Å². The number of benzene rings is 1. The van der Waals surface area contributed by atoms with Gasteiger partial charge in [0.1, 0.15) is 16.7 Å². The van der Waals surface area contributed by atoms with Crippen LogP contribution in [0, 0.1) is 5.41 Å². The average molecular weight is 597 g/mol. The topological polar surface area (TPSA) is 140 Å². The van der Waals surface area contributed by atoms with Crippen LogP contribution >= 0.6 is 11.6 Å². The first-order valence-corrected chi connectivity index (χ1v) is 13.5. The number of carbonyl (C=O) groups is 2. The van der Waals surface area contributed by atoms with Crippen LogP contribution in [0.1, 0.15) is 41.0 Å². The number of amides is 1. The smallest absolute Gasteiger partial charge is 0.427 e. The van der Waals surface area contributed by atoms with Crippen molar-refractivity contribution in [1.29, 1.82) is 0 Å². The number of hydrogen-bond acceptors (Lipinski definition) is 7. The number of fused-ring (bicyclic) bond motifs is 1. The molecule has 0 fully saturated rings. The van der Waals surface area contributed by atoms with Crippen LogP contribution in [0.4, 0.5) is 29.3 Å². The quantitative estimate of drug-likeness (QED) is 0.438. The monoisotopic (exact) mass is 596 g/mol. The van der Waals surface area contributed by atoms with Crippen molar-refractivity contribution in [2.24, 2.45) is 5.41 Å². The number of aliphatic carboxylic acids is 1. The molecule has 1 amide bonds. The molecule has 0 radical (unpaired) electrons. The molecular formula is C23H28ClF3N4O7S. The van der Waals surface area contributed by atoms with Gasteiger partial charge in [-0.2, -0.15) is 18.3 Å². The number of rotatable bonds is 8. The molecule has 16 heteroatoms. The third-order valence-corrected chi connectivity index (χ3v) is 8.23. The lowest BCUT2D eigenvalue weighted by atomic mass is 9.86. The summed E-state index contributed by atoms with van der Waals surface area (Å²) in [6, 6.07) is 3.77. The molecule has 2 aromatic rings. The predicted octanol–water partition coefficient (Wildman–Crippen LogP) is 4.90. The standard InChI is InChI=1S/C23H28ClF3N4O7S/c1-6-30-12-17(18(24)29-30)39(35,36)31-11-14(10-21(2,3)19(32)33)37-16-8-7-13(9-15(16)31)28-20(34)38-22(4,5)23(25,26)27/h7-9,12,14H,6,10-11H2,1-5H3,(H,28,34)(H,32,33).